The van der Waals surface area contributed by atoms with Crippen LogP contribution in [0.4, 0.5) is 8.78 Å². The molecular weight excluding hydrogens is 364 g/mol. The summed E-state index contributed by atoms with van der Waals surface area (Å²) in [5, 5.41) is 3.26. The van der Waals surface area contributed by atoms with Gasteiger partial charge in [0.05, 0.1) is 5.56 Å². The van der Waals surface area contributed by atoms with Crippen molar-refractivity contribution in [2.75, 3.05) is 32.7 Å². The Morgan fingerprint density at radius 1 is 1.15 bits per heavy atom. The van der Waals surface area contributed by atoms with Crippen LogP contribution in [0.15, 0.2) is 18.2 Å². The Bertz CT molecular complexity index is 666. The second-order valence-electron chi connectivity index (χ2n) is 6.78. The van der Waals surface area contributed by atoms with Crippen LogP contribution < -0.4 is 5.32 Å². The lowest BCUT2D eigenvalue weighted by atomic mass is 9.94. The van der Waals surface area contributed by atoms with Crippen molar-refractivity contribution in [3.8, 4) is 0 Å². The standard InChI is InChI=1S/C18H23F2N3O2.ClH/c1-12-11-21-6-9-23(12)17(24)13-4-7-22(8-5-13)18(25)15-3-2-14(19)10-16(15)20;/h2-3,10,12-13,21H,4-9,11H2,1H3;1H/t12-;/m1./s1. The van der Waals surface area contributed by atoms with E-state index in [-0.39, 0.29) is 35.8 Å². The molecule has 144 valence electrons. The number of carbonyl (C=O) groups is 2. The molecule has 8 heteroatoms. The fraction of sp³-hybridized carbons (Fsp3) is 0.556. The van der Waals surface area contributed by atoms with Gasteiger partial charge in [0.2, 0.25) is 5.91 Å². The van der Waals surface area contributed by atoms with E-state index in [2.05, 4.69) is 5.32 Å². The number of carbonyl (C=O) groups excluding carboxylic acids is 2. The van der Waals surface area contributed by atoms with E-state index >= 15 is 0 Å². The molecule has 0 aromatic heterocycles. The maximum Gasteiger partial charge on any atom is 0.256 e. The van der Waals surface area contributed by atoms with Crippen LogP contribution in [0.25, 0.3) is 0 Å². The molecule has 0 bridgehead atoms. The zero-order valence-corrected chi connectivity index (χ0v) is 15.5. The minimum absolute atomic E-state index is 0. The van der Waals surface area contributed by atoms with Crippen LogP contribution in [-0.4, -0.2) is 60.4 Å². The van der Waals surface area contributed by atoms with Crippen LogP contribution in [0.1, 0.15) is 30.1 Å². The molecule has 2 saturated heterocycles. The number of hydrogen-bond acceptors (Lipinski definition) is 3. The monoisotopic (exact) mass is 387 g/mol. The normalized spacial score (nSPS) is 21.3. The summed E-state index contributed by atoms with van der Waals surface area (Å²) in [4.78, 5) is 28.6. The molecule has 0 unspecified atom stereocenters. The van der Waals surface area contributed by atoms with Gasteiger partial charge in [0.15, 0.2) is 0 Å². The first-order valence-electron chi connectivity index (χ1n) is 8.73. The molecule has 0 radical (unpaired) electrons. The molecule has 1 N–H and O–H groups in total. The summed E-state index contributed by atoms with van der Waals surface area (Å²) >= 11 is 0. The van der Waals surface area contributed by atoms with Crippen LogP contribution in [0, 0.1) is 17.6 Å². The van der Waals surface area contributed by atoms with E-state index in [1.165, 1.54) is 6.07 Å². The number of benzene rings is 1. The number of piperazine rings is 1. The molecular formula is C18H24ClF2N3O2. The molecule has 2 fully saturated rings. The molecule has 5 nitrogen and oxygen atoms in total. The van der Waals surface area contributed by atoms with Crippen molar-refractivity contribution >= 4 is 24.2 Å². The Morgan fingerprint density at radius 3 is 2.46 bits per heavy atom. The van der Waals surface area contributed by atoms with E-state index in [4.69, 9.17) is 0 Å². The van der Waals surface area contributed by atoms with Gasteiger partial charge < -0.3 is 15.1 Å². The molecule has 2 heterocycles. The van der Waals surface area contributed by atoms with Gasteiger partial charge in [-0.3, -0.25) is 9.59 Å². The lowest BCUT2D eigenvalue weighted by molar-refractivity contribution is -0.139. The summed E-state index contributed by atoms with van der Waals surface area (Å²) in [7, 11) is 0. The van der Waals surface area contributed by atoms with Gasteiger partial charge in [-0.05, 0) is 31.9 Å². The third-order valence-corrected chi connectivity index (χ3v) is 5.08. The Morgan fingerprint density at radius 2 is 1.85 bits per heavy atom. The number of nitrogens with one attached hydrogen (secondary N) is 1. The predicted molar refractivity (Wildman–Crippen MR) is 96.3 cm³/mol. The number of piperidine rings is 1. The average molecular weight is 388 g/mol. The van der Waals surface area contributed by atoms with Crippen LogP contribution in [-0.2, 0) is 4.79 Å². The zero-order chi connectivity index (χ0) is 18.0. The topological polar surface area (TPSA) is 52.7 Å². The third kappa shape index (κ3) is 4.32. The minimum atomic E-state index is -0.849. The Kier molecular flexibility index (Phi) is 6.94. The SMILES string of the molecule is C[C@@H]1CNCCN1C(=O)C1CCN(C(=O)c2ccc(F)cc2F)CC1.Cl. The van der Waals surface area contributed by atoms with E-state index in [0.29, 0.717) is 32.5 Å². The number of nitrogens with zero attached hydrogens (tertiary/aromatic N) is 2. The van der Waals surface area contributed by atoms with E-state index in [1.807, 2.05) is 11.8 Å². The Labute approximate surface area is 158 Å². The third-order valence-electron chi connectivity index (χ3n) is 5.08. The quantitative estimate of drug-likeness (QED) is 0.845. The second kappa shape index (κ2) is 8.77. The molecule has 2 aliphatic rings. The molecule has 1 atom stereocenters. The van der Waals surface area contributed by atoms with Crippen molar-refractivity contribution in [1.29, 1.82) is 0 Å². The Balaban J connectivity index is 0.00000243. The highest BCUT2D eigenvalue weighted by Gasteiger charge is 2.33. The molecule has 0 aliphatic carbocycles. The molecule has 2 aliphatic heterocycles. The fourth-order valence-electron chi connectivity index (χ4n) is 3.57. The average Bonchev–Trinajstić information content (AvgIpc) is 2.61. The summed E-state index contributed by atoms with van der Waals surface area (Å²) in [6, 6.07) is 3.15. The molecule has 26 heavy (non-hydrogen) atoms. The van der Waals surface area contributed by atoms with Gasteiger partial charge in [0, 0.05) is 50.7 Å². The van der Waals surface area contributed by atoms with Gasteiger partial charge in [0.25, 0.3) is 5.91 Å². The molecule has 3 rings (SSSR count). The maximum atomic E-state index is 13.8. The smallest absolute Gasteiger partial charge is 0.256 e. The van der Waals surface area contributed by atoms with Crippen LogP contribution in [0.3, 0.4) is 0 Å². The first-order chi connectivity index (χ1) is 12.0. The Hall–Kier alpha value is -1.73. The first-order valence-corrected chi connectivity index (χ1v) is 8.73. The van der Waals surface area contributed by atoms with Crippen LogP contribution in [0.2, 0.25) is 0 Å². The van der Waals surface area contributed by atoms with Gasteiger partial charge in [-0.2, -0.15) is 0 Å². The number of rotatable bonds is 2. The highest BCUT2D eigenvalue weighted by Crippen LogP contribution is 2.23. The second-order valence-corrected chi connectivity index (χ2v) is 6.78. The van der Waals surface area contributed by atoms with Crippen LogP contribution in [0.5, 0.6) is 0 Å². The summed E-state index contributed by atoms with van der Waals surface area (Å²) in [6.45, 7) is 5.16. The highest BCUT2D eigenvalue weighted by atomic mass is 35.5. The van der Waals surface area contributed by atoms with Crippen molar-refractivity contribution in [2.24, 2.45) is 5.92 Å². The summed E-state index contributed by atoms with van der Waals surface area (Å²) in [5.41, 5.74) is -0.123. The lowest BCUT2D eigenvalue weighted by Gasteiger charge is -2.39. The fourth-order valence-corrected chi connectivity index (χ4v) is 3.57. The first kappa shape index (κ1) is 20.6. The minimum Gasteiger partial charge on any atom is -0.339 e. The summed E-state index contributed by atoms with van der Waals surface area (Å²) in [5.74, 6) is -1.95. The molecule has 0 saturated carbocycles. The molecule has 1 aromatic carbocycles. The van der Waals surface area contributed by atoms with Crippen molar-refractivity contribution in [2.45, 2.75) is 25.8 Å². The molecule has 2 amide bonds. The largest absolute Gasteiger partial charge is 0.339 e. The van der Waals surface area contributed by atoms with Crippen molar-refractivity contribution < 1.29 is 18.4 Å². The zero-order valence-electron chi connectivity index (χ0n) is 14.7. The summed E-state index contributed by atoms with van der Waals surface area (Å²) < 4.78 is 26.8. The van der Waals surface area contributed by atoms with E-state index < -0.39 is 17.5 Å². The number of amides is 2. The van der Waals surface area contributed by atoms with E-state index in [0.717, 1.165) is 25.2 Å². The molecule has 1 aromatic rings. The summed E-state index contributed by atoms with van der Waals surface area (Å²) in [6.07, 6.45) is 1.15. The lowest BCUT2D eigenvalue weighted by Crippen LogP contribution is -2.55. The van der Waals surface area contributed by atoms with Crippen molar-refractivity contribution in [3.63, 3.8) is 0 Å². The number of halogens is 3. The van der Waals surface area contributed by atoms with E-state index in [1.54, 1.807) is 4.90 Å². The van der Waals surface area contributed by atoms with Gasteiger partial charge >= 0.3 is 0 Å². The van der Waals surface area contributed by atoms with E-state index in [9.17, 15) is 18.4 Å². The van der Waals surface area contributed by atoms with Gasteiger partial charge in [0.1, 0.15) is 11.6 Å². The van der Waals surface area contributed by atoms with Crippen molar-refractivity contribution in [1.82, 2.24) is 15.1 Å². The van der Waals surface area contributed by atoms with Crippen LogP contribution >= 0.6 is 12.4 Å². The predicted octanol–water partition coefficient (Wildman–Crippen LogP) is 2.06. The van der Waals surface area contributed by atoms with Crippen molar-refractivity contribution in [3.05, 3.63) is 35.4 Å². The number of hydrogen-bond donors (Lipinski definition) is 1. The van der Waals surface area contributed by atoms with Gasteiger partial charge in [-0.1, -0.05) is 0 Å². The highest BCUT2D eigenvalue weighted by molar-refractivity contribution is 5.94. The maximum absolute atomic E-state index is 13.8. The van der Waals surface area contributed by atoms with Gasteiger partial charge in [-0.25, -0.2) is 8.78 Å². The molecule has 0 spiro atoms. The van der Waals surface area contributed by atoms with Gasteiger partial charge in [-0.15, -0.1) is 12.4 Å². The number of likely N-dealkylation sites (tertiary alicyclic amines) is 1.